The molecule has 1 N–H and O–H groups in total. The largest absolute Gasteiger partial charge is 0.480 e. The van der Waals surface area contributed by atoms with E-state index in [0.717, 1.165) is 26.0 Å². The Balaban J connectivity index is 1.86. The maximum absolute atomic E-state index is 11.1. The normalized spacial score (nSPS) is 35.7. The van der Waals surface area contributed by atoms with Crippen LogP contribution in [0.2, 0.25) is 0 Å². The number of aliphatic carboxylic acids is 1. The molecule has 1 saturated carbocycles. The standard InChI is InChI=1S/C11H19NO4/c1-2-16-9-5-8(6-9)12-3-4-15-7-10(12)11(13)14/h8-10H,2-7H2,1H3,(H,13,14). The molecule has 1 aliphatic carbocycles. The van der Waals surface area contributed by atoms with E-state index in [9.17, 15) is 4.79 Å². The summed E-state index contributed by atoms with van der Waals surface area (Å²) in [5, 5.41) is 9.09. The predicted octanol–water partition coefficient (Wildman–Crippen LogP) is 0.339. The quantitative estimate of drug-likeness (QED) is 0.753. The van der Waals surface area contributed by atoms with Crippen LogP contribution in [0.4, 0.5) is 0 Å². The molecule has 0 radical (unpaired) electrons. The molecule has 1 unspecified atom stereocenters. The van der Waals surface area contributed by atoms with Crippen LogP contribution in [0.3, 0.4) is 0 Å². The molecule has 1 atom stereocenters. The van der Waals surface area contributed by atoms with Gasteiger partial charge in [0.05, 0.1) is 19.3 Å². The first-order valence-electron chi connectivity index (χ1n) is 5.90. The van der Waals surface area contributed by atoms with Crippen molar-refractivity contribution >= 4 is 5.97 Å². The van der Waals surface area contributed by atoms with Crippen molar-refractivity contribution in [2.24, 2.45) is 0 Å². The highest BCUT2D eigenvalue weighted by Crippen LogP contribution is 2.30. The molecular formula is C11H19NO4. The highest BCUT2D eigenvalue weighted by Gasteiger charge is 2.40. The van der Waals surface area contributed by atoms with Gasteiger partial charge >= 0.3 is 5.97 Å². The number of carbonyl (C=O) groups is 1. The fraction of sp³-hybridized carbons (Fsp3) is 0.909. The van der Waals surface area contributed by atoms with E-state index in [0.29, 0.717) is 25.4 Å². The fourth-order valence-electron chi connectivity index (χ4n) is 2.45. The molecule has 0 aromatic rings. The van der Waals surface area contributed by atoms with Crippen LogP contribution >= 0.6 is 0 Å². The van der Waals surface area contributed by atoms with Gasteiger partial charge in [-0.15, -0.1) is 0 Å². The maximum atomic E-state index is 11.1. The molecule has 2 aliphatic rings. The van der Waals surface area contributed by atoms with Crippen LogP contribution in [-0.4, -0.2) is 60.5 Å². The summed E-state index contributed by atoms with van der Waals surface area (Å²) in [6.45, 7) is 4.40. The van der Waals surface area contributed by atoms with Crippen molar-refractivity contribution in [3.05, 3.63) is 0 Å². The lowest BCUT2D eigenvalue weighted by atomic mass is 9.86. The maximum Gasteiger partial charge on any atom is 0.323 e. The monoisotopic (exact) mass is 229 g/mol. The van der Waals surface area contributed by atoms with Crippen molar-refractivity contribution in [2.75, 3.05) is 26.4 Å². The first-order valence-corrected chi connectivity index (χ1v) is 5.90. The van der Waals surface area contributed by atoms with Crippen LogP contribution in [0.15, 0.2) is 0 Å². The molecule has 2 rings (SSSR count). The number of morpholine rings is 1. The highest BCUT2D eigenvalue weighted by atomic mass is 16.5. The molecule has 92 valence electrons. The molecule has 0 aromatic carbocycles. The lowest BCUT2D eigenvalue weighted by Gasteiger charge is -2.46. The molecular weight excluding hydrogens is 210 g/mol. The van der Waals surface area contributed by atoms with Crippen molar-refractivity contribution in [3.8, 4) is 0 Å². The third kappa shape index (κ3) is 2.36. The Hall–Kier alpha value is -0.650. The van der Waals surface area contributed by atoms with E-state index < -0.39 is 12.0 Å². The minimum Gasteiger partial charge on any atom is -0.480 e. The topological polar surface area (TPSA) is 59.0 Å². The number of rotatable bonds is 4. The molecule has 1 saturated heterocycles. The van der Waals surface area contributed by atoms with E-state index in [-0.39, 0.29) is 0 Å². The second-order valence-electron chi connectivity index (χ2n) is 4.37. The summed E-state index contributed by atoms with van der Waals surface area (Å²) in [6.07, 6.45) is 2.24. The van der Waals surface area contributed by atoms with Crippen molar-refractivity contribution in [1.82, 2.24) is 4.90 Å². The van der Waals surface area contributed by atoms with Crippen LogP contribution in [0, 0.1) is 0 Å². The van der Waals surface area contributed by atoms with Crippen LogP contribution in [-0.2, 0) is 14.3 Å². The Labute approximate surface area is 95.3 Å². The van der Waals surface area contributed by atoms with Crippen molar-refractivity contribution in [1.29, 1.82) is 0 Å². The minimum absolute atomic E-state index is 0.311. The molecule has 0 aromatic heterocycles. The Kier molecular flexibility index (Phi) is 3.78. The fourth-order valence-corrected chi connectivity index (χ4v) is 2.45. The van der Waals surface area contributed by atoms with Crippen LogP contribution in [0.1, 0.15) is 19.8 Å². The van der Waals surface area contributed by atoms with Gasteiger partial charge in [0.1, 0.15) is 6.04 Å². The Morgan fingerprint density at radius 2 is 2.31 bits per heavy atom. The SMILES string of the molecule is CCOC1CC(N2CCOCC2C(=O)O)C1. The van der Waals surface area contributed by atoms with Gasteiger partial charge in [-0.3, -0.25) is 9.69 Å². The Bertz CT molecular complexity index is 252. The van der Waals surface area contributed by atoms with Gasteiger partial charge in [0, 0.05) is 19.2 Å². The number of hydrogen-bond donors (Lipinski definition) is 1. The lowest BCUT2D eigenvalue weighted by molar-refractivity contribution is -0.157. The summed E-state index contributed by atoms with van der Waals surface area (Å²) in [5.41, 5.74) is 0. The van der Waals surface area contributed by atoms with Gasteiger partial charge in [0.25, 0.3) is 0 Å². The molecule has 0 spiro atoms. The van der Waals surface area contributed by atoms with E-state index in [2.05, 4.69) is 4.90 Å². The summed E-state index contributed by atoms with van der Waals surface area (Å²) < 4.78 is 10.7. The lowest BCUT2D eigenvalue weighted by Crippen LogP contribution is -2.59. The minimum atomic E-state index is -0.778. The molecule has 16 heavy (non-hydrogen) atoms. The second-order valence-corrected chi connectivity index (χ2v) is 4.37. The van der Waals surface area contributed by atoms with Crippen LogP contribution in [0.25, 0.3) is 0 Å². The molecule has 0 bridgehead atoms. The Morgan fingerprint density at radius 3 is 2.94 bits per heavy atom. The molecule has 5 nitrogen and oxygen atoms in total. The second kappa shape index (κ2) is 5.12. The van der Waals surface area contributed by atoms with E-state index in [1.54, 1.807) is 0 Å². The number of hydrogen-bond acceptors (Lipinski definition) is 4. The van der Waals surface area contributed by atoms with Crippen molar-refractivity contribution < 1.29 is 19.4 Å². The average Bonchev–Trinajstić information content (AvgIpc) is 2.23. The number of nitrogens with zero attached hydrogens (tertiary/aromatic N) is 1. The third-order valence-corrected chi connectivity index (χ3v) is 3.40. The summed E-state index contributed by atoms with van der Waals surface area (Å²) >= 11 is 0. The van der Waals surface area contributed by atoms with E-state index in [1.807, 2.05) is 6.92 Å². The zero-order valence-corrected chi connectivity index (χ0v) is 9.59. The zero-order valence-electron chi connectivity index (χ0n) is 9.59. The number of carboxylic acids is 1. The number of ether oxygens (including phenoxy) is 2. The zero-order chi connectivity index (χ0) is 11.5. The first kappa shape index (κ1) is 11.8. The van der Waals surface area contributed by atoms with Gasteiger partial charge < -0.3 is 14.6 Å². The third-order valence-electron chi connectivity index (χ3n) is 3.40. The van der Waals surface area contributed by atoms with Crippen LogP contribution in [0.5, 0.6) is 0 Å². The summed E-state index contributed by atoms with van der Waals surface area (Å²) in [4.78, 5) is 13.1. The Morgan fingerprint density at radius 1 is 1.56 bits per heavy atom. The number of carboxylic acid groups (broad SMARTS) is 1. The predicted molar refractivity (Wildman–Crippen MR) is 57.4 cm³/mol. The molecule has 0 amide bonds. The molecule has 2 fully saturated rings. The van der Waals surface area contributed by atoms with Gasteiger partial charge in [-0.1, -0.05) is 0 Å². The van der Waals surface area contributed by atoms with Gasteiger partial charge in [-0.05, 0) is 19.8 Å². The van der Waals surface area contributed by atoms with E-state index >= 15 is 0 Å². The van der Waals surface area contributed by atoms with Crippen LogP contribution < -0.4 is 0 Å². The van der Waals surface area contributed by atoms with Crippen molar-refractivity contribution in [3.63, 3.8) is 0 Å². The van der Waals surface area contributed by atoms with Gasteiger partial charge in [-0.2, -0.15) is 0 Å². The molecule has 1 aliphatic heterocycles. The smallest absolute Gasteiger partial charge is 0.323 e. The highest BCUT2D eigenvalue weighted by molar-refractivity contribution is 5.73. The first-order chi connectivity index (χ1) is 7.72. The van der Waals surface area contributed by atoms with Gasteiger partial charge in [0.15, 0.2) is 0 Å². The average molecular weight is 229 g/mol. The summed E-state index contributed by atoms with van der Waals surface area (Å²) in [5.74, 6) is -0.778. The van der Waals surface area contributed by atoms with E-state index in [4.69, 9.17) is 14.6 Å². The van der Waals surface area contributed by atoms with Gasteiger partial charge in [0.2, 0.25) is 0 Å². The summed E-state index contributed by atoms with van der Waals surface area (Å²) in [7, 11) is 0. The molecule has 1 heterocycles. The van der Waals surface area contributed by atoms with Gasteiger partial charge in [-0.25, -0.2) is 0 Å². The summed E-state index contributed by atoms with van der Waals surface area (Å²) in [6, 6.07) is -0.108. The molecule has 5 heteroatoms. The van der Waals surface area contributed by atoms with E-state index in [1.165, 1.54) is 0 Å². The van der Waals surface area contributed by atoms with Crippen molar-refractivity contribution in [2.45, 2.75) is 38.0 Å².